The molecule has 0 bridgehead atoms. The van der Waals surface area contributed by atoms with Gasteiger partial charge in [-0.05, 0) is 49.7 Å². The van der Waals surface area contributed by atoms with E-state index in [4.69, 9.17) is 4.74 Å². The molecule has 35 heavy (non-hydrogen) atoms. The van der Waals surface area contributed by atoms with Crippen LogP contribution in [-0.2, 0) is 19.6 Å². The predicted molar refractivity (Wildman–Crippen MR) is 139 cm³/mol. The zero-order valence-corrected chi connectivity index (χ0v) is 21.6. The van der Waals surface area contributed by atoms with Gasteiger partial charge < -0.3 is 10.1 Å². The summed E-state index contributed by atoms with van der Waals surface area (Å²) in [5.74, 6) is 0.0638. The van der Waals surface area contributed by atoms with Gasteiger partial charge in [0.15, 0.2) is 5.17 Å². The number of rotatable bonds is 12. The number of ether oxygens (including phenoxy) is 1. The second kappa shape index (κ2) is 12.7. The van der Waals surface area contributed by atoms with Gasteiger partial charge in [-0.25, -0.2) is 0 Å². The van der Waals surface area contributed by atoms with Gasteiger partial charge in [-0.3, -0.25) is 14.5 Å². The van der Waals surface area contributed by atoms with Crippen molar-refractivity contribution in [3.63, 3.8) is 0 Å². The van der Waals surface area contributed by atoms with Crippen molar-refractivity contribution in [1.29, 1.82) is 0 Å². The van der Waals surface area contributed by atoms with Gasteiger partial charge in [-0.1, -0.05) is 56.1 Å². The number of carbonyl (C=O) groups excluding carboxylic acids is 2. The van der Waals surface area contributed by atoms with Crippen molar-refractivity contribution in [1.82, 2.24) is 4.90 Å². The van der Waals surface area contributed by atoms with Crippen molar-refractivity contribution in [2.24, 2.45) is 4.40 Å². The molecule has 10 heteroatoms. The molecule has 188 valence electrons. The molecular formula is C25H31N3O5S2. The van der Waals surface area contributed by atoms with Gasteiger partial charge in [0.1, 0.15) is 11.0 Å². The Hall–Kier alpha value is -2.85. The molecule has 0 saturated carbocycles. The molecule has 2 aromatic carbocycles. The Balaban J connectivity index is 1.58. The molecule has 1 aliphatic heterocycles. The molecular weight excluding hydrogens is 486 g/mol. The molecule has 1 atom stereocenters. The SMILES string of the molecule is CCCCCCOc1ccc(NC(=O)CC2S/C(=N/S(=O)(=O)c3ccccc3)N(CC)C2=O)cc1. The van der Waals surface area contributed by atoms with E-state index >= 15 is 0 Å². The highest BCUT2D eigenvalue weighted by Crippen LogP contribution is 2.31. The minimum Gasteiger partial charge on any atom is -0.494 e. The van der Waals surface area contributed by atoms with Gasteiger partial charge in [0.2, 0.25) is 11.8 Å². The molecule has 8 nitrogen and oxygen atoms in total. The van der Waals surface area contributed by atoms with Gasteiger partial charge in [0, 0.05) is 18.7 Å². The number of nitrogens with zero attached hydrogens (tertiary/aromatic N) is 2. The lowest BCUT2D eigenvalue weighted by Crippen LogP contribution is -2.33. The van der Waals surface area contributed by atoms with Gasteiger partial charge >= 0.3 is 0 Å². The highest BCUT2D eigenvalue weighted by Gasteiger charge is 2.39. The Bertz CT molecular complexity index is 1140. The first-order chi connectivity index (χ1) is 16.8. The largest absolute Gasteiger partial charge is 0.494 e. The van der Waals surface area contributed by atoms with Crippen LogP contribution in [-0.4, -0.2) is 48.7 Å². The summed E-state index contributed by atoms with van der Waals surface area (Å²) in [6, 6.07) is 14.9. The lowest BCUT2D eigenvalue weighted by molar-refractivity contribution is -0.128. The number of hydrogen-bond donors (Lipinski definition) is 1. The summed E-state index contributed by atoms with van der Waals surface area (Å²) in [6.45, 7) is 4.81. The maximum Gasteiger partial charge on any atom is 0.284 e. The number of hydrogen-bond acceptors (Lipinski definition) is 6. The maximum atomic E-state index is 12.8. The Labute approximate surface area is 211 Å². The lowest BCUT2D eigenvalue weighted by atomic mass is 10.2. The molecule has 0 aromatic heterocycles. The summed E-state index contributed by atoms with van der Waals surface area (Å²) in [4.78, 5) is 26.7. The van der Waals surface area contributed by atoms with E-state index in [1.807, 2.05) is 0 Å². The number of amidine groups is 1. The van der Waals surface area contributed by atoms with Gasteiger partial charge in [-0.15, -0.1) is 4.40 Å². The molecule has 3 rings (SSSR count). The van der Waals surface area contributed by atoms with E-state index in [0.29, 0.717) is 12.3 Å². The van der Waals surface area contributed by atoms with E-state index in [2.05, 4.69) is 16.6 Å². The zero-order chi connectivity index (χ0) is 25.3. The minimum atomic E-state index is -3.97. The second-order valence-electron chi connectivity index (χ2n) is 8.04. The Morgan fingerprint density at radius 2 is 1.77 bits per heavy atom. The third-order valence-corrected chi connectivity index (χ3v) is 7.92. The normalized spacial score (nSPS) is 17.1. The predicted octanol–water partition coefficient (Wildman–Crippen LogP) is 4.68. The quantitative estimate of drug-likeness (QED) is 0.410. The number of unbranched alkanes of at least 4 members (excludes halogenated alkanes) is 3. The Morgan fingerprint density at radius 3 is 2.43 bits per heavy atom. The highest BCUT2D eigenvalue weighted by atomic mass is 32.2. The van der Waals surface area contributed by atoms with Crippen LogP contribution in [0.5, 0.6) is 5.75 Å². The summed E-state index contributed by atoms with van der Waals surface area (Å²) in [6.07, 6.45) is 4.42. The fraction of sp³-hybridized carbons (Fsp3) is 0.400. The van der Waals surface area contributed by atoms with Crippen LogP contribution < -0.4 is 10.1 Å². The minimum absolute atomic E-state index is 0.0474. The van der Waals surface area contributed by atoms with Crippen LogP contribution in [0.25, 0.3) is 0 Å². The lowest BCUT2D eigenvalue weighted by Gasteiger charge is -2.13. The molecule has 1 fully saturated rings. The first kappa shape index (κ1) is 26.7. The molecule has 1 saturated heterocycles. The van der Waals surface area contributed by atoms with Crippen LogP contribution in [0, 0.1) is 0 Å². The first-order valence-corrected chi connectivity index (χ1v) is 14.1. The fourth-order valence-electron chi connectivity index (χ4n) is 3.48. The number of carbonyl (C=O) groups is 2. The van der Waals surface area contributed by atoms with E-state index in [9.17, 15) is 18.0 Å². The van der Waals surface area contributed by atoms with Gasteiger partial charge in [-0.2, -0.15) is 8.42 Å². The smallest absolute Gasteiger partial charge is 0.284 e. The average Bonchev–Trinajstić information content (AvgIpc) is 3.13. The molecule has 0 spiro atoms. The average molecular weight is 518 g/mol. The van der Waals surface area contributed by atoms with Crippen LogP contribution in [0.2, 0.25) is 0 Å². The zero-order valence-electron chi connectivity index (χ0n) is 20.0. The fourth-order valence-corrected chi connectivity index (χ4v) is 5.92. The maximum absolute atomic E-state index is 12.8. The van der Waals surface area contributed by atoms with E-state index in [-0.39, 0.29) is 34.8 Å². The van der Waals surface area contributed by atoms with Crippen LogP contribution in [0.3, 0.4) is 0 Å². The van der Waals surface area contributed by atoms with Crippen molar-refractivity contribution in [2.75, 3.05) is 18.5 Å². The van der Waals surface area contributed by atoms with Crippen LogP contribution in [0.15, 0.2) is 63.9 Å². The van der Waals surface area contributed by atoms with Crippen molar-refractivity contribution in [3.05, 3.63) is 54.6 Å². The summed E-state index contributed by atoms with van der Waals surface area (Å²) in [5, 5.41) is 2.12. The van der Waals surface area contributed by atoms with Gasteiger partial charge in [0.05, 0.1) is 11.5 Å². The summed E-state index contributed by atoms with van der Waals surface area (Å²) >= 11 is 0.995. The Kier molecular flexibility index (Phi) is 9.73. The molecule has 2 amide bonds. The molecule has 1 heterocycles. The van der Waals surface area contributed by atoms with Gasteiger partial charge in [0.25, 0.3) is 10.0 Å². The number of nitrogens with one attached hydrogen (secondary N) is 1. The third-order valence-electron chi connectivity index (χ3n) is 5.35. The molecule has 0 radical (unpaired) electrons. The molecule has 1 N–H and O–H groups in total. The number of benzene rings is 2. The van der Waals surface area contributed by atoms with Crippen molar-refractivity contribution in [3.8, 4) is 5.75 Å². The topological polar surface area (TPSA) is 105 Å². The highest BCUT2D eigenvalue weighted by molar-refractivity contribution is 8.16. The van der Waals surface area contributed by atoms with Crippen molar-refractivity contribution < 1.29 is 22.7 Å². The summed E-state index contributed by atoms with van der Waals surface area (Å²) < 4.78 is 34.9. The molecule has 0 aliphatic carbocycles. The number of amides is 2. The van der Waals surface area contributed by atoms with E-state index in [0.717, 1.165) is 30.4 Å². The Morgan fingerprint density at radius 1 is 1.06 bits per heavy atom. The first-order valence-electron chi connectivity index (χ1n) is 11.7. The summed E-state index contributed by atoms with van der Waals surface area (Å²) in [5.41, 5.74) is 0.594. The van der Waals surface area contributed by atoms with Crippen LogP contribution in [0.1, 0.15) is 46.0 Å². The summed E-state index contributed by atoms with van der Waals surface area (Å²) in [7, 11) is -3.97. The number of thioether (sulfide) groups is 1. The van der Waals surface area contributed by atoms with Crippen LogP contribution in [0.4, 0.5) is 5.69 Å². The van der Waals surface area contributed by atoms with Crippen LogP contribution >= 0.6 is 11.8 Å². The van der Waals surface area contributed by atoms with E-state index in [1.165, 1.54) is 29.9 Å². The number of anilines is 1. The molecule has 1 unspecified atom stereocenters. The van der Waals surface area contributed by atoms with Crippen molar-refractivity contribution in [2.45, 2.75) is 56.1 Å². The number of sulfonamides is 1. The molecule has 1 aliphatic rings. The monoisotopic (exact) mass is 517 g/mol. The van der Waals surface area contributed by atoms with E-state index in [1.54, 1.807) is 49.4 Å². The molecule has 2 aromatic rings. The standard InChI is InChI=1S/C25H31N3O5S2/c1-3-5-6-10-17-33-20-15-13-19(14-16-20)26-23(29)18-22-24(30)28(4-2)25(34-22)27-35(31,32)21-11-8-7-9-12-21/h7-9,11-16,22H,3-6,10,17-18H2,1-2H3,(H,26,29)/b27-25+. The third kappa shape index (κ3) is 7.57. The van der Waals surface area contributed by atoms with E-state index < -0.39 is 15.3 Å². The van der Waals surface area contributed by atoms with Crippen molar-refractivity contribution >= 4 is 44.5 Å². The second-order valence-corrected chi connectivity index (χ2v) is 10.8.